The Morgan fingerprint density at radius 1 is 1.16 bits per heavy atom. The number of Topliss-reactive ketones (excluding diaryl/α,β-unsaturated/α-hetero) is 1. The van der Waals surface area contributed by atoms with Gasteiger partial charge in [0.2, 0.25) is 0 Å². The summed E-state index contributed by atoms with van der Waals surface area (Å²) in [6.07, 6.45) is 5.77. The molecule has 3 aromatic rings. The van der Waals surface area contributed by atoms with Gasteiger partial charge >= 0.3 is 5.97 Å². The van der Waals surface area contributed by atoms with Crippen LogP contribution in [0, 0.1) is 13.8 Å². The minimum atomic E-state index is -0.811. The van der Waals surface area contributed by atoms with Crippen LogP contribution in [0.2, 0.25) is 0 Å². The number of imidazole rings is 1. The van der Waals surface area contributed by atoms with E-state index in [1.54, 1.807) is 50.6 Å². The summed E-state index contributed by atoms with van der Waals surface area (Å²) < 4.78 is 12.3. The number of carbonyl (C=O) groups excluding carboxylic acids is 3. The SMILES string of the molecule is CCOc1ccc([C@H]2/C(=C(\O)c3c(C)[nH]c(C(=O)OC)c3C)C(=O)C(=O)N2CCCn2ccnc2)cc1. The molecule has 1 atom stereocenters. The van der Waals surface area contributed by atoms with E-state index in [-0.39, 0.29) is 23.6 Å². The first-order valence-electron chi connectivity index (χ1n) is 12.0. The fraction of sp³-hybridized carbons (Fsp3) is 0.333. The van der Waals surface area contributed by atoms with E-state index < -0.39 is 23.7 Å². The molecule has 0 saturated carbocycles. The molecule has 1 saturated heterocycles. The van der Waals surface area contributed by atoms with Crippen LogP contribution in [0.3, 0.4) is 0 Å². The first-order chi connectivity index (χ1) is 17.8. The van der Waals surface area contributed by atoms with Crippen molar-refractivity contribution in [3.63, 3.8) is 0 Å². The number of hydrogen-bond donors (Lipinski definition) is 2. The number of aromatic amines is 1. The highest BCUT2D eigenvalue weighted by Crippen LogP contribution is 2.41. The largest absolute Gasteiger partial charge is 0.507 e. The number of benzene rings is 1. The number of ketones is 1. The molecule has 1 aliphatic heterocycles. The van der Waals surface area contributed by atoms with Crippen LogP contribution in [0.4, 0.5) is 0 Å². The predicted molar refractivity (Wildman–Crippen MR) is 135 cm³/mol. The number of methoxy groups -OCH3 is 1. The fourth-order valence-electron chi connectivity index (χ4n) is 4.76. The van der Waals surface area contributed by atoms with Crippen LogP contribution in [0.15, 0.2) is 48.6 Å². The molecule has 10 nitrogen and oxygen atoms in total. The summed E-state index contributed by atoms with van der Waals surface area (Å²) in [4.78, 5) is 47.2. The van der Waals surface area contributed by atoms with Crippen LogP contribution in [-0.2, 0) is 20.9 Å². The van der Waals surface area contributed by atoms with Crippen LogP contribution in [0.25, 0.3) is 5.76 Å². The first-order valence-corrected chi connectivity index (χ1v) is 12.0. The number of nitrogens with zero attached hydrogens (tertiary/aromatic N) is 3. The van der Waals surface area contributed by atoms with Crippen molar-refractivity contribution in [3.05, 3.63) is 76.6 Å². The average molecular weight is 507 g/mol. The summed E-state index contributed by atoms with van der Waals surface area (Å²) in [6, 6.07) is 6.30. The lowest BCUT2D eigenvalue weighted by Crippen LogP contribution is -2.31. The van der Waals surface area contributed by atoms with Crippen LogP contribution in [-0.4, -0.2) is 62.5 Å². The van der Waals surface area contributed by atoms with E-state index in [4.69, 9.17) is 9.47 Å². The Morgan fingerprint density at radius 2 is 1.89 bits per heavy atom. The maximum Gasteiger partial charge on any atom is 0.354 e. The van der Waals surface area contributed by atoms with E-state index in [1.807, 2.05) is 17.7 Å². The van der Waals surface area contributed by atoms with E-state index in [1.165, 1.54) is 12.0 Å². The van der Waals surface area contributed by atoms with Gasteiger partial charge in [0, 0.05) is 36.7 Å². The summed E-state index contributed by atoms with van der Waals surface area (Å²) in [5.41, 5.74) is 2.01. The van der Waals surface area contributed by atoms with Gasteiger partial charge in [-0.05, 0) is 50.5 Å². The van der Waals surface area contributed by atoms with Crippen molar-refractivity contribution in [2.75, 3.05) is 20.3 Å². The number of aromatic nitrogens is 3. The van der Waals surface area contributed by atoms with E-state index in [2.05, 4.69) is 9.97 Å². The van der Waals surface area contributed by atoms with E-state index in [9.17, 15) is 19.5 Å². The minimum absolute atomic E-state index is 0.0293. The number of esters is 1. The molecule has 0 bridgehead atoms. The highest BCUT2D eigenvalue weighted by molar-refractivity contribution is 6.46. The van der Waals surface area contributed by atoms with Gasteiger partial charge in [0.1, 0.15) is 17.2 Å². The normalized spacial score (nSPS) is 16.9. The number of carbonyl (C=O) groups is 3. The lowest BCUT2D eigenvalue weighted by atomic mass is 9.94. The quantitative estimate of drug-likeness (QED) is 0.197. The fourth-order valence-corrected chi connectivity index (χ4v) is 4.76. The van der Waals surface area contributed by atoms with Crippen LogP contribution in [0.5, 0.6) is 5.75 Å². The number of aryl methyl sites for hydroxylation is 2. The minimum Gasteiger partial charge on any atom is -0.507 e. The molecule has 2 aromatic heterocycles. The Labute approximate surface area is 214 Å². The van der Waals surface area contributed by atoms with Gasteiger partial charge in [-0.15, -0.1) is 0 Å². The molecule has 0 unspecified atom stereocenters. The van der Waals surface area contributed by atoms with Gasteiger partial charge < -0.3 is 29.0 Å². The molecule has 3 heterocycles. The molecule has 37 heavy (non-hydrogen) atoms. The second kappa shape index (κ2) is 10.7. The predicted octanol–water partition coefficient (Wildman–Crippen LogP) is 3.53. The Kier molecular flexibility index (Phi) is 7.47. The molecule has 1 aliphatic rings. The number of amides is 1. The van der Waals surface area contributed by atoms with E-state index >= 15 is 0 Å². The van der Waals surface area contributed by atoms with Crippen molar-refractivity contribution >= 4 is 23.4 Å². The third-order valence-electron chi connectivity index (χ3n) is 6.49. The molecule has 4 rings (SSSR count). The zero-order chi connectivity index (χ0) is 26.7. The van der Waals surface area contributed by atoms with Gasteiger partial charge in [-0.2, -0.15) is 0 Å². The average Bonchev–Trinajstić information content (AvgIpc) is 3.57. The number of H-pyrrole nitrogens is 1. The third-order valence-corrected chi connectivity index (χ3v) is 6.49. The van der Waals surface area contributed by atoms with Crippen molar-refractivity contribution in [3.8, 4) is 5.75 Å². The maximum absolute atomic E-state index is 13.3. The number of ether oxygens (including phenoxy) is 2. The molecule has 2 N–H and O–H groups in total. The van der Waals surface area contributed by atoms with Gasteiger partial charge in [0.15, 0.2) is 0 Å². The first kappa shape index (κ1) is 25.7. The Morgan fingerprint density at radius 3 is 2.51 bits per heavy atom. The maximum atomic E-state index is 13.3. The zero-order valence-corrected chi connectivity index (χ0v) is 21.3. The highest BCUT2D eigenvalue weighted by Gasteiger charge is 2.46. The second-order valence-electron chi connectivity index (χ2n) is 8.77. The number of aliphatic hydroxyl groups excluding tert-OH is 1. The monoisotopic (exact) mass is 506 g/mol. The summed E-state index contributed by atoms with van der Waals surface area (Å²) >= 11 is 0. The van der Waals surface area contributed by atoms with Crippen molar-refractivity contribution in [2.24, 2.45) is 0 Å². The van der Waals surface area contributed by atoms with E-state index in [0.717, 1.165) is 0 Å². The van der Waals surface area contributed by atoms with Crippen LogP contribution >= 0.6 is 0 Å². The topological polar surface area (TPSA) is 127 Å². The third kappa shape index (κ3) is 4.87. The zero-order valence-electron chi connectivity index (χ0n) is 21.3. The standard InChI is InChI=1S/C27H30N4O6/c1-5-37-19-9-7-18(8-10-19)23-21(24(32)20-16(2)22(27(35)36-4)29-17(20)3)25(33)26(34)31(23)13-6-12-30-14-11-28-15-30/h7-11,14-15,23,29,32H,5-6,12-13H2,1-4H3/b24-21+/t23-/m0/s1. The molecule has 0 aliphatic carbocycles. The summed E-state index contributed by atoms with van der Waals surface area (Å²) in [5.74, 6) is -1.74. The molecule has 0 spiro atoms. The van der Waals surface area contributed by atoms with E-state index in [0.29, 0.717) is 47.7 Å². The summed E-state index contributed by atoms with van der Waals surface area (Å²) in [5, 5.41) is 11.5. The molecule has 1 amide bonds. The van der Waals surface area contributed by atoms with Crippen molar-refractivity contribution in [2.45, 2.75) is 39.8 Å². The molecule has 194 valence electrons. The second-order valence-corrected chi connectivity index (χ2v) is 8.77. The lowest BCUT2D eigenvalue weighted by Gasteiger charge is -2.25. The van der Waals surface area contributed by atoms with Crippen molar-refractivity contribution in [1.29, 1.82) is 0 Å². The Balaban J connectivity index is 1.79. The van der Waals surface area contributed by atoms with Gasteiger partial charge in [-0.25, -0.2) is 9.78 Å². The number of rotatable bonds is 9. The number of hydrogen-bond acceptors (Lipinski definition) is 7. The molecule has 10 heteroatoms. The number of likely N-dealkylation sites (tertiary alicyclic amines) is 1. The smallest absolute Gasteiger partial charge is 0.354 e. The molecule has 1 aromatic carbocycles. The van der Waals surface area contributed by atoms with Gasteiger partial charge in [0.25, 0.3) is 11.7 Å². The van der Waals surface area contributed by atoms with Crippen molar-refractivity contribution in [1.82, 2.24) is 19.4 Å². The molecular formula is C27H30N4O6. The van der Waals surface area contributed by atoms with Gasteiger partial charge in [-0.3, -0.25) is 9.59 Å². The lowest BCUT2D eigenvalue weighted by molar-refractivity contribution is -0.139. The summed E-state index contributed by atoms with van der Waals surface area (Å²) in [7, 11) is 1.26. The molecule has 0 radical (unpaired) electrons. The Hall–Kier alpha value is -4.34. The van der Waals surface area contributed by atoms with Gasteiger partial charge in [-0.1, -0.05) is 12.1 Å². The number of nitrogens with one attached hydrogen (secondary N) is 1. The molecule has 1 fully saturated rings. The number of aliphatic hydroxyl groups is 1. The van der Waals surface area contributed by atoms with Crippen LogP contribution in [0.1, 0.15) is 52.3 Å². The van der Waals surface area contributed by atoms with Crippen LogP contribution < -0.4 is 4.74 Å². The Bertz CT molecular complexity index is 1340. The highest BCUT2D eigenvalue weighted by atomic mass is 16.5. The molecular weight excluding hydrogens is 476 g/mol. The van der Waals surface area contributed by atoms with Gasteiger partial charge in [0.05, 0.1) is 31.7 Å². The summed E-state index contributed by atoms with van der Waals surface area (Å²) in [6.45, 7) is 6.61. The van der Waals surface area contributed by atoms with Crippen molar-refractivity contribution < 1.29 is 29.0 Å².